The van der Waals surface area contributed by atoms with E-state index < -0.39 is 17.1 Å². The Morgan fingerprint density at radius 1 is 1.23 bits per heavy atom. The molecule has 4 rings (SSSR count). The molecule has 1 aliphatic rings. The number of amides is 1. The van der Waals surface area contributed by atoms with Crippen LogP contribution in [0.4, 0.5) is 0 Å². The monoisotopic (exact) mass is 424 g/mol. The zero-order valence-electron chi connectivity index (χ0n) is 16.7. The molecule has 3 heterocycles. The zero-order valence-corrected chi connectivity index (χ0v) is 17.5. The molecule has 2 N–H and O–H groups in total. The summed E-state index contributed by atoms with van der Waals surface area (Å²) in [4.78, 5) is 40.5. The van der Waals surface area contributed by atoms with Gasteiger partial charge in [-0.1, -0.05) is 12.1 Å². The summed E-state index contributed by atoms with van der Waals surface area (Å²) in [5.74, 6) is -0.773. The standard InChI is InChI=1S/C21H20N4O4S/c1-11-7-12(2)9-14(8-11)24-20(28)18(19(27)22-21(24)29)15-10-16(17-5-4-6-30-17)25(23-15)13(3)26/h4-9,16,28H,10H2,1-3H3,(H,22,27,29)/t16-/m0/s1. The number of carbonyl (C=O) groups excluding carboxylic acids is 1. The molecule has 1 aromatic carbocycles. The predicted molar refractivity (Wildman–Crippen MR) is 115 cm³/mol. The Hall–Kier alpha value is -3.46. The van der Waals surface area contributed by atoms with Gasteiger partial charge in [0.2, 0.25) is 11.8 Å². The smallest absolute Gasteiger partial charge is 0.335 e. The Kier molecular flexibility index (Phi) is 4.90. The van der Waals surface area contributed by atoms with Gasteiger partial charge in [0, 0.05) is 18.2 Å². The number of thiophene rings is 1. The van der Waals surface area contributed by atoms with Gasteiger partial charge in [0.15, 0.2) is 0 Å². The molecule has 0 aliphatic carbocycles. The summed E-state index contributed by atoms with van der Waals surface area (Å²) in [5, 5.41) is 18.5. The molecule has 1 atom stereocenters. The maximum Gasteiger partial charge on any atom is 0.335 e. The third kappa shape index (κ3) is 3.37. The molecule has 0 spiro atoms. The highest BCUT2D eigenvalue weighted by Crippen LogP contribution is 2.35. The van der Waals surface area contributed by atoms with Gasteiger partial charge in [-0.15, -0.1) is 11.3 Å². The fourth-order valence-corrected chi connectivity index (χ4v) is 4.57. The average Bonchev–Trinajstić information content (AvgIpc) is 3.30. The fourth-order valence-electron chi connectivity index (χ4n) is 3.76. The molecule has 3 aromatic rings. The molecule has 9 heteroatoms. The number of benzene rings is 1. The molecule has 0 radical (unpaired) electrons. The Balaban J connectivity index is 1.88. The number of nitrogens with zero attached hydrogens (tertiary/aromatic N) is 3. The van der Waals surface area contributed by atoms with E-state index in [1.165, 1.54) is 23.3 Å². The lowest BCUT2D eigenvalue weighted by Crippen LogP contribution is -2.33. The van der Waals surface area contributed by atoms with E-state index in [0.29, 0.717) is 5.69 Å². The van der Waals surface area contributed by atoms with Crippen LogP contribution in [-0.4, -0.2) is 31.3 Å². The van der Waals surface area contributed by atoms with Crippen LogP contribution in [0, 0.1) is 13.8 Å². The second-order valence-corrected chi connectivity index (χ2v) is 8.26. The van der Waals surface area contributed by atoms with E-state index in [1.54, 1.807) is 12.1 Å². The van der Waals surface area contributed by atoms with E-state index in [0.717, 1.165) is 20.6 Å². The Bertz CT molecular complexity index is 1270. The first-order valence-electron chi connectivity index (χ1n) is 9.34. The first-order chi connectivity index (χ1) is 14.3. The summed E-state index contributed by atoms with van der Waals surface area (Å²) >= 11 is 1.48. The minimum absolute atomic E-state index is 0.112. The van der Waals surface area contributed by atoms with Crippen LogP contribution in [0.25, 0.3) is 5.69 Å². The maximum atomic E-state index is 12.6. The lowest BCUT2D eigenvalue weighted by Gasteiger charge is -2.18. The van der Waals surface area contributed by atoms with Gasteiger partial charge in [0.25, 0.3) is 5.56 Å². The number of hydrazone groups is 1. The summed E-state index contributed by atoms with van der Waals surface area (Å²) in [5.41, 5.74) is 0.893. The van der Waals surface area contributed by atoms with Crippen molar-refractivity contribution in [3.63, 3.8) is 0 Å². The van der Waals surface area contributed by atoms with Crippen molar-refractivity contribution in [3.8, 4) is 11.6 Å². The summed E-state index contributed by atoms with van der Waals surface area (Å²) < 4.78 is 1.05. The SMILES string of the molecule is CC(=O)N1N=C(c2c(O)n(-c3cc(C)cc(C)c3)c(=O)[nH]c2=O)C[C@H]1c1cccs1. The van der Waals surface area contributed by atoms with E-state index in [2.05, 4.69) is 10.1 Å². The van der Waals surface area contributed by atoms with Crippen LogP contribution in [0.2, 0.25) is 0 Å². The van der Waals surface area contributed by atoms with Crippen molar-refractivity contribution >= 4 is 23.0 Å². The van der Waals surface area contributed by atoms with Crippen molar-refractivity contribution in [2.45, 2.75) is 33.2 Å². The molecule has 8 nitrogen and oxygen atoms in total. The summed E-state index contributed by atoms with van der Waals surface area (Å²) in [6, 6.07) is 8.82. The number of H-pyrrole nitrogens is 1. The third-order valence-electron chi connectivity index (χ3n) is 4.94. The van der Waals surface area contributed by atoms with Crippen LogP contribution in [0.3, 0.4) is 0 Å². The van der Waals surface area contributed by atoms with Crippen molar-refractivity contribution in [2.24, 2.45) is 5.10 Å². The van der Waals surface area contributed by atoms with Gasteiger partial charge in [-0.2, -0.15) is 5.10 Å². The quantitative estimate of drug-likeness (QED) is 0.674. The van der Waals surface area contributed by atoms with Crippen molar-refractivity contribution in [3.05, 3.63) is 78.1 Å². The van der Waals surface area contributed by atoms with Gasteiger partial charge in [-0.25, -0.2) is 14.4 Å². The molecule has 0 bridgehead atoms. The number of aromatic hydroxyl groups is 1. The maximum absolute atomic E-state index is 12.6. The van der Waals surface area contributed by atoms with Crippen molar-refractivity contribution < 1.29 is 9.90 Å². The van der Waals surface area contributed by atoms with Crippen LogP contribution in [0.5, 0.6) is 5.88 Å². The van der Waals surface area contributed by atoms with Crippen LogP contribution < -0.4 is 11.2 Å². The van der Waals surface area contributed by atoms with E-state index >= 15 is 0 Å². The lowest BCUT2D eigenvalue weighted by atomic mass is 10.0. The van der Waals surface area contributed by atoms with E-state index in [9.17, 15) is 19.5 Å². The Morgan fingerprint density at radius 3 is 2.53 bits per heavy atom. The average molecular weight is 424 g/mol. The topological polar surface area (TPSA) is 108 Å². The van der Waals surface area contributed by atoms with Gasteiger partial charge in [0.1, 0.15) is 5.56 Å². The molecule has 1 aliphatic heterocycles. The van der Waals surface area contributed by atoms with Gasteiger partial charge in [-0.3, -0.25) is 14.6 Å². The molecule has 30 heavy (non-hydrogen) atoms. The van der Waals surface area contributed by atoms with Crippen LogP contribution in [-0.2, 0) is 4.79 Å². The molecule has 0 saturated carbocycles. The van der Waals surface area contributed by atoms with Gasteiger partial charge in [0.05, 0.1) is 17.4 Å². The number of aryl methyl sites for hydroxylation is 2. The van der Waals surface area contributed by atoms with E-state index in [1.807, 2.05) is 37.4 Å². The fraction of sp³-hybridized carbons (Fsp3) is 0.238. The number of hydrogen-bond donors (Lipinski definition) is 2. The van der Waals surface area contributed by atoms with Crippen LogP contribution in [0.1, 0.15) is 41.0 Å². The highest BCUT2D eigenvalue weighted by molar-refractivity contribution is 7.10. The van der Waals surface area contributed by atoms with Crippen LogP contribution >= 0.6 is 11.3 Å². The minimum Gasteiger partial charge on any atom is -0.493 e. The Labute approximate surface area is 175 Å². The molecule has 154 valence electrons. The Morgan fingerprint density at radius 2 is 1.93 bits per heavy atom. The number of aromatic amines is 1. The van der Waals surface area contributed by atoms with Gasteiger partial charge in [-0.05, 0) is 48.6 Å². The summed E-state index contributed by atoms with van der Waals surface area (Å²) in [6.45, 7) is 5.15. The third-order valence-corrected chi connectivity index (χ3v) is 5.92. The van der Waals surface area contributed by atoms with Crippen molar-refractivity contribution in [1.82, 2.24) is 14.6 Å². The predicted octanol–water partition coefficient (Wildman–Crippen LogP) is 2.61. The van der Waals surface area contributed by atoms with E-state index in [-0.39, 0.29) is 29.6 Å². The largest absolute Gasteiger partial charge is 0.493 e. The lowest BCUT2D eigenvalue weighted by molar-refractivity contribution is -0.130. The number of nitrogens with one attached hydrogen (secondary N) is 1. The number of rotatable bonds is 3. The number of carbonyl (C=O) groups is 1. The molecule has 2 aromatic heterocycles. The first-order valence-corrected chi connectivity index (χ1v) is 10.2. The normalized spacial score (nSPS) is 16.0. The summed E-state index contributed by atoms with van der Waals surface area (Å²) in [7, 11) is 0. The summed E-state index contributed by atoms with van der Waals surface area (Å²) in [6.07, 6.45) is 0.252. The molecular formula is C21H20N4O4S. The minimum atomic E-state index is -0.747. The van der Waals surface area contributed by atoms with Gasteiger partial charge >= 0.3 is 5.69 Å². The second kappa shape index (κ2) is 7.42. The molecule has 0 unspecified atom stereocenters. The van der Waals surface area contributed by atoms with E-state index in [4.69, 9.17) is 0 Å². The molecule has 0 fully saturated rings. The second-order valence-electron chi connectivity index (χ2n) is 7.28. The highest BCUT2D eigenvalue weighted by atomic mass is 32.1. The first kappa shape index (κ1) is 19.8. The number of hydrogen-bond acceptors (Lipinski definition) is 6. The molecule has 1 amide bonds. The van der Waals surface area contributed by atoms with Crippen molar-refractivity contribution in [1.29, 1.82) is 0 Å². The zero-order chi connectivity index (χ0) is 21.6. The van der Waals surface area contributed by atoms with Gasteiger partial charge < -0.3 is 5.11 Å². The highest BCUT2D eigenvalue weighted by Gasteiger charge is 2.35. The van der Waals surface area contributed by atoms with Crippen LogP contribution in [0.15, 0.2) is 50.4 Å². The van der Waals surface area contributed by atoms with Crippen molar-refractivity contribution in [2.75, 3.05) is 0 Å². The number of aromatic nitrogens is 2. The molecular weight excluding hydrogens is 404 g/mol. The molecule has 0 saturated heterocycles.